The molecule has 2 heterocycles. The van der Waals surface area contributed by atoms with E-state index in [-0.39, 0.29) is 30.1 Å². The molecule has 0 radical (unpaired) electrons. The monoisotopic (exact) mass is 447 g/mol. The van der Waals surface area contributed by atoms with Gasteiger partial charge in [-0.3, -0.25) is 14.4 Å². The van der Waals surface area contributed by atoms with Gasteiger partial charge in [-0.2, -0.15) is 0 Å². The third-order valence-corrected chi connectivity index (χ3v) is 6.62. The Morgan fingerprint density at radius 3 is 2.30 bits per heavy atom. The molecule has 4 rings (SSSR count). The topological polar surface area (TPSA) is 69.7 Å². The quantitative estimate of drug-likeness (QED) is 0.667. The Balaban J connectivity index is 1.28. The van der Waals surface area contributed by atoms with Gasteiger partial charge in [-0.1, -0.05) is 37.6 Å². The fourth-order valence-electron chi connectivity index (χ4n) is 4.56. The summed E-state index contributed by atoms with van der Waals surface area (Å²) in [5.74, 6) is -0.400. The molecule has 1 atom stereocenters. The first kappa shape index (κ1) is 23.0. The summed E-state index contributed by atoms with van der Waals surface area (Å²) in [4.78, 5) is 41.3. The van der Waals surface area contributed by atoms with E-state index in [0.29, 0.717) is 18.7 Å². The first-order valence-corrected chi connectivity index (χ1v) is 12.1. The number of amides is 3. The number of aryl methyl sites for hydroxylation is 1. The normalized spacial score (nSPS) is 18.1. The lowest BCUT2D eigenvalue weighted by molar-refractivity contribution is -0.126. The van der Waals surface area contributed by atoms with E-state index in [9.17, 15) is 14.4 Å². The van der Waals surface area contributed by atoms with Gasteiger partial charge in [-0.25, -0.2) is 0 Å². The maximum absolute atomic E-state index is 12.7. The zero-order valence-electron chi connectivity index (χ0n) is 19.4. The van der Waals surface area contributed by atoms with Gasteiger partial charge in [0.15, 0.2) is 0 Å². The van der Waals surface area contributed by atoms with Gasteiger partial charge in [0.05, 0.1) is 5.92 Å². The van der Waals surface area contributed by atoms with E-state index in [1.807, 2.05) is 41.3 Å². The summed E-state index contributed by atoms with van der Waals surface area (Å²) in [6.45, 7) is 4.62. The molecule has 1 N–H and O–H groups in total. The summed E-state index contributed by atoms with van der Waals surface area (Å²) in [5.41, 5.74) is 3.75. The molecule has 3 amide bonds. The molecule has 174 valence electrons. The molecule has 2 aliphatic rings. The van der Waals surface area contributed by atoms with E-state index < -0.39 is 0 Å². The van der Waals surface area contributed by atoms with Crippen LogP contribution in [0.15, 0.2) is 48.5 Å². The molecule has 6 nitrogen and oxygen atoms in total. The van der Waals surface area contributed by atoms with Crippen molar-refractivity contribution in [2.45, 2.75) is 52.0 Å². The van der Waals surface area contributed by atoms with E-state index >= 15 is 0 Å². The van der Waals surface area contributed by atoms with Crippen LogP contribution in [0.3, 0.4) is 0 Å². The van der Waals surface area contributed by atoms with Crippen molar-refractivity contribution >= 4 is 23.4 Å². The Kier molecular flexibility index (Phi) is 7.43. The molecule has 6 heteroatoms. The fraction of sp³-hybridized carbons (Fsp3) is 0.444. The Bertz CT molecular complexity index is 979. The van der Waals surface area contributed by atoms with Crippen molar-refractivity contribution in [3.63, 3.8) is 0 Å². The summed E-state index contributed by atoms with van der Waals surface area (Å²) >= 11 is 0. The van der Waals surface area contributed by atoms with Crippen LogP contribution in [0.25, 0.3) is 0 Å². The number of hydrogen-bond donors (Lipinski definition) is 1. The highest BCUT2D eigenvalue weighted by Gasteiger charge is 2.35. The van der Waals surface area contributed by atoms with Crippen LogP contribution in [-0.2, 0) is 22.6 Å². The highest BCUT2D eigenvalue weighted by Crippen LogP contribution is 2.26. The number of carbonyl (C=O) groups is 3. The van der Waals surface area contributed by atoms with Gasteiger partial charge in [0.2, 0.25) is 11.8 Å². The number of carbonyl (C=O) groups excluding carboxylic acids is 3. The maximum Gasteiger partial charge on any atom is 0.253 e. The van der Waals surface area contributed by atoms with Crippen molar-refractivity contribution in [2.24, 2.45) is 5.92 Å². The van der Waals surface area contributed by atoms with E-state index in [1.165, 1.54) is 5.56 Å². The lowest BCUT2D eigenvalue weighted by Gasteiger charge is -2.17. The van der Waals surface area contributed by atoms with Crippen molar-refractivity contribution in [1.82, 2.24) is 10.2 Å². The first-order valence-electron chi connectivity index (χ1n) is 12.1. The van der Waals surface area contributed by atoms with Crippen LogP contribution in [0, 0.1) is 5.92 Å². The minimum atomic E-state index is -0.353. The van der Waals surface area contributed by atoms with E-state index in [0.717, 1.165) is 56.4 Å². The molecule has 0 aliphatic carbocycles. The van der Waals surface area contributed by atoms with Gasteiger partial charge >= 0.3 is 0 Å². The maximum atomic E-state index is 12.7. The van der Waals surface area contributed by atoms with E-state index in [4.69, 9.17) is 0 Å². The van der Waals surface area contributed by atoms with Crippen LogP contribution in [0.4, 0.5) is 5.69 Å². The molecule has 2 fully saturated rings. The van der Waals surface area contributed by atoms with Gasteiger partial charge < -0.3 is 15.1 Å². The number of rotatable bonds is 8. The molecule has 0 saturated carbocycles. The van der Waals surface area contributed by atoms with Crippen molar-refractivity contribution in [2.75, 3.05) is 24.5 Å². The zero-order valence-corrected chi connectivity index (χ0v) is 19.4. The molecular formula is C27H33N3O3. The lowest BCUT2D eigenvalue weighted by Crippen LogP contribution is -2.32. The van der Waals surface area contributed by atoms with Crippen molar-refractivity contribution in [3.05, 3.63) is 65.2 Å². The van der Waals surface area contributed by atoms with Crippen molar-refractivity contribution in [3.8, 4) is 0 Å². The molecule has 0 spiro atoms. The fourth-order valence-corrected chi connectivity index (χ4v) is 4.56. The molecule has 33 heavy (non-hydrogen) atoms. The second-order valence-electron chi connectivity index (χ2n) is 9.09. The average Bonchev–Trinajstić information content (AvgIpc) is 3.52. The zero-order chi connectivity index (χ0) is 23.2. The molecular weight excluding hydrogens is 414 g/mol. The summed E-state index contributed by atoms with van der Waals surface area (Å²) in [5, 5.41) is 2.96. The van der Waals surface area contributed by atoms with Crippen LogP contribution in [0.5, 0.6) is 0 Å². The Labute approximate surface area is 196 Å². The predicted molar refractivity (Wildman–Crippen MR) is 129 cm³/mol. The lowest BCUT2D eigenvalue weighted by atomic mass is 10.1. The summed E-state index contributed by atoms with van der Waals surface area (Å²) in [6, 6.07) is 15.5. The van der Waals surface area contributed by atoms with E-state index in [2.05, 4.69) is 24.4 Å². The molecule has 0 bridgehead atoms. The number of benzene rings is 2. The van der Waals surface area contributed by atoms with Gasteiger partial charge in [-0.05, 0) is 61.1 Å². The first-order chi connectivity index (χ1) is 16.0. The van der Waals surface area contributed by atoms with Gasteiger partial charge in [0.25, 0.3) is 5.91 Å². The minimum absolute atomic E-state index is 0.0127. The molecule has 1 unspecified atom stereocenters. The van der Waals surface area contributed by atoms with Crippen LogP contribution in [-0.4, -0.2) is 42.3 Å². The Morgan fingerprint density at radius 1 is 0.970 bits per heavy atom. The average molecular weight is 448 g/mol. The number of nitrogens with one attached hydrogen (secondary N) is 1. The van der Waals surface area contributed by atoms with Crippen LogP contribution in [0.1, 0.15) is 60.5 Å². The number of nitrogens with zero attached hydrogens (tertiary/aromatic N) is 2. The van der Waals surface area contributed by atoms with Gasteiger partial charge in [-0.15, -0.1) is 0 Å². The molecule has 0 aromatic heterocycles. The third-order valence-electron chi connectivity index (χ3n) is 6.62. The SMILES string of the molecule is CCCCc1ccc(N2CC(C(=O)NCc3ccc(C(=O)N4CCCC4)cc3)CC2=O)cc1. The summed E-state index contributed by atoms with van der Waals surface area (Å²) in [6.07, 6.45) is 5.73. The number of anilines is 1. The third kappa shape index (κ3) is 5.62. The van der Waals surface area contributed by atoms with Gasteiger partial charge in [0, 0.05) is 43.9 Å². The standard InChI is InChI=1S/C27H33N3O3/c1-2-3-6-20-9-13-24(14-10-20)30-19-23(17-25(30)31)26(32)28-18-21-7-11-22(12-8-21)27(33)29-15-4-5-16-29/h7-14,23H,2-6,15-19H2,1H3,(H,28,32). The number of unbranched alkanes of at least 4 members (excludes halogenated alkanes) is 1. The minimum Gasteiger partial charge on any atom is -0.352 e. The molecule has 2 aromatic carbocycles. The van der Waals surface area contributed by atoms with Crippen LogP contribution >= 0.6 is 0 Å². The van der Waals surface area contributed by atoms with Crippen LogP contribution in [0.2, 0.25) is 0 Å². The Hall–Kier alpha value is -3.15. The van der Waals surface area contributed by atoms with E-state index in [1.54, 1.807) is 4.90 Å². The summed E-state index contributed by atoms with van der Waals surface area (Å²) in [7, 11) is 0. The molecule has 2 saturated heterocycles. The van der Waals surface area contributed by atoms with Gasteiger partial charge in [0.1, 0.15) is 0 Å². The Morgan fingerprint density at radius 2 is 1.64 bits per heavy atom. The van der Waals surface area contributed by atoms with Crippen molar-refractivity contribution in [1.29, 1.82) is 0 Å². The number of hydrogen-bond acceptors (Lipinski definition) is 3. The smallest absolute Gasteiger partial charge is 0.253 e. The highest BCUT2D eigenvalue weighted by molar-refractivity contribution is 6.00. The number of likely N-dealkylation sites (tertiary alicyclic amines) is 1. The van der Waals surface area contributed by atoms with Crippen molar-refractivity contribution < 1.29 is 14.4 Å². The predicted octanol–water partition coefficient (Wildman–Crippen LogP) is 3.93. The molecule has 2 aliphatic heterocycles. The second kappa shape index (κ2) is 10.6. The second-order valence-corrected chi connectivity index (χ2v) is 9.09. The summed E-state index contributed by atoms with van der Waals surface area (Å²) < 4.78 is 0. The highest BCUT2D eigenvalue weighted by atomic mass is 16.2. The largest absolute Gasteiger partial charge is 0.352 e. The molecule has 2 aromatic rings. The van der Waals surface area contributed by atoms with Crippen LogP contribution < -0.4 is 10.2 Å².